The van der Waals surface area contributed by atoms with Crippen LogP contribution in [-0.4, -0.2) is 41.5 Å². The number of nitrogens with zero attached hydrogens (tertiary/aromatic N) is 2. The Hall–Kier alpha value is -2.38. The van der Waals surface area contributed by atoms with E-state index in [2.05, 4.69) is 24.9 Å². The monoisotopic (exact) mass is 454 g/mol. The predicted octanol–water partition coefficient (Wildman–Crippen LogP) is 5.25. The van der Waals surface area contributed by atoms with Crippen LogP contribution in [0.2, 0.25) is 0 Å². The van der Waals surface area contributed by atoms with E-state index < -0.39 is 5.97 Å². The maximum Gasteiger partial charge on any atom is 0.338 e. The number of aromatic nitrogens is 1. The number of amides is 1. The van der Waals surface area contributed by atoms with Crippen LogP contribution >= 0.6 is 23.1 Å². The summed E-state index contributed by atoms with van der Waals surface area (Å²) in [5, 5.41) is 0. The van der Waals surface area contributed by atoms with Crippen LogP contribution in [0.5, 0.6) is 0 Å². The minimum atomic E-state index is -0.461. The lowest BCUT2D eigenvalue weighted by Crippen LogP contribution is -2.44. The van der Waals surface area contributed by atoms with Gasteiger partial charge in [0.1, 0.15) is 0 Å². The van der Waals surface area contributed by atoms with Crippen LogP contribution in [0.15, 0.2) is 52.9 Å². The van der Waals surface area contributed by atoms with Crippen LogP contribution in [0.3, 0.4) is 0 Å². The number of rotatable bonds is 6. The molecular formula is C24H26N2O3S2. The van der Waals surface area contributed by atoms with Gasteiger partial charge in [0, 0.05) is 18.8 Å². The highest BCUT2D eigenvalue weighted by molar-refractivity contribution is 8.00. The van der Waals surface area contributed by atoms with Crippen molar-refractivity contribution < 1.29 is 14.3 Å². The molecule has 1 aliphatic rings. The van der Waals surface area contributed by atoms with Gasteiger partial charge in [0.05, 0.1) is 15.8 Å². The predicted molar refractivity (Wildman–Crippen MR) is 125 cm³/mol. The maximum absolute atomic E-state index is 12.4. The van der Waals surface area contributed by atoms with Crippen molar-refractivity contribution >= 4 is 45.2 Å². The average Bonchev–Trinajstić information content (AvgIpc) is 3.18. The number of fused-ring (bicyclic) bond motifs is 1. The molecule has 2 atom stereocenters. The van der Waals surface area contributed by atoms with Crippen LogP contribution < -0.4 is 0 Å². The van der Waals surface area contributed by atoms with Crippen LogP contribution in [0.1, 0.15) is 36.2 Å². The van der Waals surface area contributed by atoms with E-state index in [9.17, 15) is 9.59 Å². The average molecular weight is 455 g/mol. The van der Waals surface area contributed by atoms with Crippen LogP contribution in [-0.2, 0) is 15.3 Å². The van der Waals surface area contributed by atoms with Crippen molar-refractivity contribution in [2.24, 2.45) is 11.8 Å². The van der Waals surface area contributed by atoms with E-state index in [0.717, 1.165) is 40.7 Å². The summed E-state index contributed by atoms with van der Waals surface area (Å²) in [5.74, 6) is 1.17. The minimum Gasteiger partial charge on any atom is -0.452 e. The summed E-state index contributed by atoms with van der Waals surface area (Å²) in [5.41, 5.74) is 2.59. The molecule has 0 saturated carbocycles. The number of esters is 1. The molecule has 3 aromatic rings. The van der Waals surface area contributed by atoms with E-state index in [4.69, 9.17) is 4.74 Å². The molecule has 31 heavy (non-hydrogen) atoms. The quantitative estimate of drug-likeness (QED) is 0.376. The van der Waals surface area contributed by atoms with Gasteiger partial charge in [0.25, 0.3) is 5.91 Å². The molecule has 0 N–H and O–H groups in total. The molecule has 2 heterocycles. The van der Waals surface area contributed by atoms with Crippen molar-refractivity contribution in [1.82, 2.24) is 9.88 Å². The highest BCUT2D eigenvalue weighted by Gasteiger charge is 2.26. The second-order valence-electron chi connectivity index (χ2n) is 8.25. The second-order valence-corrected chi connectivity index (χ2v) is 10.5. The first kappa shape index (κ1) is 21.8. The third-order valence-electron chi connectivity index (χ3n) is 5.37. The highest BCUT2D eigenvalue weighted by atomic mass is 32.2. The van der Waals surface area contributed by atoms with Gasteiger partial charge >= 0.3 is 5.97 Å². The molecule has 0 bridgehead atoms. The summed E-state index contributed by atoms with van der Waals surface area (Å²) >= 11 is 3.37. The number of thiazole rings is 1. The van der Waals surface area contributed by atoms with Crippen LogP contribution in [0.25, 0.3) is 10.2 Å². The van der Waals surface area contributed by atoms with E-state index in [1.54, 1.807) is 35.2 Å². The SMILES string of the molecule is C[C@H]1C[C@H](C)CN(C(=O)COC(=O)c2ccc(CSc3nc4ccccc4s3)cc2)C1. The highest BCUT2D eigenvalue weighted by Crippen LogP contribution is 2.31. The number of hydrogen-bond acceptors (Lipinski definition) is 6. The number of ether oxygens (including phenoxy) is 1. The van der Waals surface area contributed by atoms with Gasteiger partial charge in [-0.2, -0.15) is 0 Å². The Bertz CT molecular complexity index is 1020. The smallest absolute Gasteiger partial charge is 0.338 e. The lowest BCUT2D eigenvalue weighted by Gasteiger charge is -2.34. The molecule has 4 rings (SSSR count). The van der Waals surface area contributed by atoms with E-state index >= 15 is 0 Å². The Morgan fingerprint density at radius 2 is 1.81 bits per heavy atom. The Morgan fingerprint density at radius 1 is 1.10 bits per heavy atom. The lowest BCUT2D eigenvalue weighted by atomic mass is 9.92. The summed E-state index contributed by atoms with van der Waals surface area (Å²) in [7, 11) is 0. The van der Waals surface area contributed by atoms with Crippen molar-refractivity contribution in [3.63, 3.8) is 0 Å². The summed E-state index contributed by atoms with van der Waals surface area (Å²) in [4.78, 5) is 31.2. The zero-order valence-electron chi connectivity index (χ0n) is 17.7. The number of piperidine rings is 1. The minimum absolute atomic E-state index is 0.115. The zero-order chi connectivity index (χ0) is 21.8. The molecule has 1 aromatic heterocycles. The molecule has 0 aliphatic carbocycles. The molecule has 5 nitrogen and oxygen atoms in total. The third kappa shape index (κ3) is 5.66. The molecule has 1 fully saturated rings. The van der Waals surface area contributed by atoms with Gasteiger partial charge in [-0.15, -0.1) is 11.3 Å². The third-order valence-corrected chi connectivity index (χ3v) is 7.63. The Kier molecular flexibility index (Phi) is 6.92. The normalized spacial score (nSPS) is 18.8. The summed E-state index contributed by atoms with van der Waals surface area (Å²) in [6.07, 6.45) is 1.13. The van der Waals surface area contributed by atoms with Crippen molar-refractivity contribution in [3.8, 4) is 0 Å². The molecule has 1 saturated heterocycles. The number of thioether (sulfide) groups is 1. The van der Waals surface area contributed by atoms with E-state index in [-0.39, 0.29) is 12.5 Å². The number of carbonyl (C=O) groups is 2. The Labute approximate surface area is 190 Å². The van der Waals surface area contributed by atoms with Gasteiger partial charge in [-0.1, -0.05) is 49.9 Å². The van der Waals surface area contributed by atoms with Crippen molar-refractivity contribution in [2.45, 2.75) is 30.4 Å². The number of para-hydroxylation sites is 1. The molecule has 0 unspecified atom stereocenters. The van der Waals surface area contributed by atoms with Gasteiger partial charge in [0.15, 0.2) is 10.9 Å². The van der Waals surface area contributed by atoms with E-state index in [1.807, 2.05) is 35.2 Å². The lowest BCUT2D eigenvalue weighted by molar-refractivity contribution is -0.137. The van der Waals surface area contributed by atoms with Gasteiger partial charge in [-0.05, 0) is 48.1 Å². The zero-order valence-corrected chi connectivity index (χ0v) is 19.4. The molecule has 1 aliphatic heterocycles. The van der Waals surface area contributed by atoms with Crippen molar-refractivity contribution in [1.29, 1.82) is 0 Å². The number of benzene rings is 2. The van der Waals surface area contributed by atoms with Gasteiger partial charge < -0.3 is 9.64 Å². The van der Waals surface area contributed by atoms with Crippen molar-refractivity contribution in [3.05, 3.63) is 59.7 Å². The van der Waals surface area contributed by atoms with Gasteiger partial charge in [0.2, 0.25) is 0 Å². The summed E-state index contributed by atoms with van der Waals surface area (Å²) in [6.45, 7) is 5.58. The standard InChI is InChI=1S/C24H26N2O3S2/c1-16-11-17(2)13-26(12-16)22(27)14-29-23(28)19-9-7-18(8-10-19)15-30-24-25-20-5-3-4-6-21(20)31-24/h3-10,16-17H,11-15H2,1-2H3/t16-,17-/m0/s1. The fourth-order valence-corrected chi connectivity index (χ4v) is 5.99. The fourth-order valence-electron chi connectivity index (χ4n) is 3.96. The molecule has 0 radical (unpaired) electrons. The molecule has 1 amide bonds. The van der Waals surface area contributed by atoms with E-state index in [0.29, 0.717) is 17.4 Å². The fraction of sp³-hybridized carbons (Fsp3) is 0.375. The van der Waals surface area contributed by atoms with Gasteiger partial charge in [-0.25, -0.2) is 9.78 Å². The maximum atomic E-state index is 12.4. The molecule has 162 valence electrons. The Morgan fingerprint density at radius 3 is 2.52 bits per heavy atom. The first-order valence-electron chi connectivity index (χ1n) is 10.5. The largest absolute Gasteiger partial charge is 0.452 e. The number of carbonyl (C=O) groups excluding carboxylic acids is 2. The number of hydrogen-bond donors (Lipinski definition) is 0. The summed E-state index contributed by atoms with van der Waals surface area (Å²) < 4.78 is 7.49. The molecular weight excluding hydrogens is 428 g/mol. The van der Waals surface area contributed by atoms with E-state index in [1.165, 1.54) is 4.70 Å². The van der Waals surface area contributed by atoms with Gasteiger partial charge in [-0.3, -0.25) is 4.79 Å². The number of likely N-dealkylation sites (tertiary alicyclic amines) is 1. The summed E-state index contributed by atoms with van der Waals surface area (Å²) in [6, 6.07) is 15.5. The van der Waals surface area contributed by atoms with Crippen LogP contribution in [0.4, 0.5) is 0 Å². The molecule has 0 spiro atoms. The second kappa shape index (κ2) is 9.83. The topological polar surface area (TPSA) is 59.5 Å². The Balaban J connectivity index is 1.27. The van der Waals surface area contributed by atoms with Crippen molar-refractivity contribution in [2.75, 3.05) is 19.7 Å². The first-order chi connectivity index (χ1) is 15.0. The molecule has 7 heteroatoms. The van der Waals surface area contributed by atoms with Crippen LogP contribution in [0, 0.1) is 11.8 Å². The molecule has 2 aromatic carbocycles. The first-order valence-corrected chi connectivity index (χ1v) is 12.3.